The van der Waals surface area contributed by atoms with Gasteiger partial charge in [0.15, 0.2) is 5.82 Å². The Kier molecular flexibility index (Phi) is 3.42. The summed E-state index contributed by atoms with van der Waals surface area (Å²) in [6.07, 6.45) is 4.52. The van der Waals surface area contributed by atoms with E-state index in [4.69, 9.17) is 4.52 Å². The first-order valence-electron chi connectivity index (χ1n) is 6.35. The molecule has 0 radical (unpaired) electrons. The van der Waals surface area contributed by atoms with Crippen molar-refractivity contribution in [1.82, 2.24) is 15.1 Å². The highest BCUT2D eigenvalue weighted by atomic mass is 16.5. The molecule has 0 unspecified atom stereocenters. The summed E-state index contributed by atoms with van der Waals surface area (Å²) in [7, 11) is 0. The van der Waals surface area contributed by atoms with E-state index >= 15 is 0 Å². The van der Waals surface area contributed by atoms with Crippen molar-refractivity contribution < 1.29 is 9.32 Å². The van der Waals surface area contributed by atoms with Gasteiger partial charge in [0.2, 0.25) is 0 Å². The molecule has 0 aliphatic heterocycles. The van der Waals surface area contributed by atoms with Crippen LogP contribution >= 0.6 is 0 Å². The maximum Gasteiger partial charge on any atom is 0.262 e. The molecule has 0 spiro atoms. The standard InChI is InChI=1S/C15H12N4O2/c1-10-13(15(20)18-12-9-16-7-8-17-12)14(19-21-10)11-5-3-2-4-6-11/h2-9H,1H3,(H,17,18,20). The lowest BCUT2D eigenvalue weighted by molar-refractivity contribution is 0.102. The number of nitrogens with one attached hydrogen (secondary N) is 1. The van der Waals surface area contributed by atoms with Crippen molar-refractivity contribution in [3.8, 4) is 11.3 Å². The Hall–Kier alpha value is -3.02. The first kappa shape index (κ1) is 13.0. The Morgan fingerprint density at radius 2 is 2.00 bits per heavy atom. The van der Waals surface area contributed by atoms with Gasteiger partial charge in [-0.3, -0.25) is 9.78 Å². The lowest BCUT2D eigenvalue weighted by Crippen LogP contribution is -2.14. The second kappa shape index (κ2) is 5.54. The van der Waals surface area contributed by atoms with Crippen LogP contribution in [-0.2, 0) is 0 Å². The van der Waals surface area contributed by atoms with Gasteiger partial charge in [-0.15, -0.1) is 0 Å². The van der Waals surface area contributed by atoms with Gasteiger partial charge >= 0.3 is 0 Å². The predicted octanol–water partition coefficient (Wildman–Crippen LogP) is 2.69. The molecule has 3 aromatic rings. The number of anilines is 1. The summed E-state index contributed by atoms with van der Waals surface area (Å²) in [5.41, 5.74) is 1.72. The third-order valence-electron chi connectivity index (χ3n) is 2.94. The third kappa shape index (κ3) is 2.64. The molecule has 2 heterocycles. The number of amides is 1. The van der Waals surface area contributed by atoms with E-state index in [0.29, 0.717) is 22.8 Å². The van der Waals surface area contributed by atoms with E-state index in [1.54, 1.807) is 6.92 Å². The van der Waals surface area contributed by atoms with E-state index in [1.165, 1.54) is 18.6 Å². The van der Waals surface area contributed by atoms with Crippen molar-refractivity contribution in [2.45, 2.75) is 6.92 Å². The van der Waals surface area contributed by atoms with Crippen LogP contribution in [0.5, 0.6) is 0 Å². The van der Waals surface area contributed by atoms with Gasteiger partial charge < -0.3 is 9.84 Å². The molecule has 0 saturated heterocycles. The highest BCUT2D eigenvalue weighted by Gasteiger charge is 2.21. The molecule has 104 valence electrons. The van der Waals surface area contributed by atoms with Crippen molar-refractivity contribution in [2.24, 2.45) is 0 Å². The Labute approximate surface area is 120 Å². The molecular weight excluding hydrogens is 268 g/mol. The zero-order valence-corrected chi connectivity index (χ0v) is 11.3. The minimum Gasteiger partial charge on any atom is -0.360 e. The SMILES string of the molecule is Cc1onc(-c2ccccc2)c1C(=O)Nc1cnccn1. The molecule has 0 aliphatic rings. The van der Waals surface area contributed by atoms with Gasteiger partial charge in [-0.2, -0.15) is 0 Å². The fourth-order valence-corrected chi connectivity index (χ4v) is 1.98. The van der Waals surface area contributed by atoms with Crippen LogP contribution in [0.1, 0.15) is 16.1 Å². The van der Waals surface area contributed by atoms with E-state index in [2.05, 4.69) is 20.4 Å². The normalized spacial score (nSPS) is 10.3. The first-order valence-corrected chi connectivity index (χ1v) is 6.35. The van der Waals surface area contributed by atoms with E-state index in [1.807, 2.05) is 30.3 Å². The van der Waals surface area contributed by atoms with Crippen molar-refractivity contribution in [1.29, 1.82) is 0 Å². The Bertz CT molecular complexity index is 754. The largest absolute Gasteiger partial charge is 0.360 e. The Morgan fingerprint density at radius 1 is 1.19 bits per heavy atom. The molecule has 6 heteroatoms. The third-order valence-corrected chi connectivity index (χ3v) is 2.94. The van der Waals surface area contributed by atoms with Crippen LogP contribution in [0.2, 0.25) is 0 Å². The van der Waals surface area contributed by atoms with Gasteiger partial charge in [0.25, 0.3) is 5.91 Å². The molecule has 1 amide bonds. The highest BCUT2D eigenvalue weighted by molar-refractivity contribution is 6.08. The number of carbonyl (C=O) groups excluding carboxylic acids is 1. The average Bonchev–Trinajstić information content (AvgIpc) is 2.91. The fourth-order valence-electron chi connectivity index (χ4n) is 1.98. The van der Waals surface area contributed by atoms with E-state index < -0.39 is 0 Å². The lowest BCUT2D eigenvalue weighted by Gasteiger charge is -2.04. The molecule has 21 heavy (non-hydrogen) atoms. The van der Waals surface area contributed by atoms with Crippen LogP contribution in [0.4, 0.5) is 5.82 Å². The highest BCUT2D eigenvalue weighted by Crippen LogP contribution is 2.25. The summed E-state index contributed by atoms with van der Waals surface area (Å²) in [6, 6.07) is 9.40. The fraction of sp³-hybridized carbons (Fsp3) is 0.0667. The van der Waals surface area contributed by atoms with Crippen LogP contribution in [0.25, 0.3) is 11.3 Å². The van der Waals surface area contributed by atoms with Crippen LogP contribution in [0.3, 0.4) is 0 Å². The molecule has 0 aliphatic carbocycles. The van der Waals surface area contributed by atoms with Crippen LogP contribution < -0.4 is 5.32 Å². The van der Waals surface area contributed by atoms with E-state index in [0.717, 1.165) is 5.56 Å². The molecular formula is C15H12N4O2. The molecule has 1 N–H and O–H groups in total. The first-order chi connectivity index (χ1) is 10.3. The topological polar surface area (TPSA) is 80.9 Å². The number of hydrogen-bond acceptors (Lipinski definition) is 5. The van der Waals surface area contributed by atoms with Crippen LogP contribution in [0, 0.1) is 6.92 Å². The molecule has 2 aromatic heterocycles. The molecule has 3 rings (SSSR count). The number of rotatable bonds is 3. The van der Waals surface area contributed by atoms with E-state index in [-0.39, 0.29) is 5.91 Å². The maximum absolute atomic E-state index is 12.4. The van der Waals surface area contributed by atoms with Crippen molar-refractivity contribution in [2.75, 3.05) is 5.32 Å². The summed E-state index contributed by atoms with van der Waals surface area (Å²) < 4.78 is 5.16. The number of aryl methyl sites for hydroxylation is 1. The molecule has 0 bridgehead atoms. The van der Waals surface area contributed by atoms with Crippen LogP contribution in [0.15, 0.2) is 53.4 Å². The minimum atomic E-state index is -0.326. The number of hydrogen-bond donors (Lipinski definition) is 1. The summed E-state index contributed by atoms with van der Waals surface area (Å²) in [5, 5.41) is 6.66. The van der Waals surface area contributed by atoms with Crippen LogP contribution in [-0.4, -0.2) is 21.0 Å². The van der Waals surface area contributed by atoms with Gasteiger partial charge in [-0.25, -0.2) is 4.98 Å². The number of aromatic nitrogens is 3. The zero-order valence-electron chi connectivity index (χ0n) is 11.3. The van der Waals surface area contributed by atoms with Gasteiger partial charge in [-0.05, 0) is 6.92 Å². The summed E-state index contributed by atoms with van der Waals surface area (Å²) in [4.78, 5) is 20.3. The maximum atomic E-state index is 12.4. The summed E-state index contributed by atoms with van der Waals surface area (Å²) in [5.74, 6) is 0.505. The molecule has 1 aromatic carbocycles. The predicted molar refractivity (Wildman–Crippen MR) is 76.7 cm³/mol. The van der Waals surface area contributed by atoms with Crippen molar-refractivity contribution >= 4 is 11.7 Å². The summed E-state index contributed by atoms with van der Waals surface area (Å²) >= 11 is 0. The van der Waals surface area contributed by atoms with Crippen molar-refractivity contribution in [3.05, 3.63) is 60.2 Å². The molecule has 0 saturated carbocycles. The van der Waals surface area contributed by atoms with Gasteiger partial charge in [0.05, 0.1) is 6.20 Å². The lowest BCUT2D eigenvalue weighted by atomic mass is 10.1. The molecule has 0 atom stereocenters. The quantitative estimate of drug-likeness (QED) is 0.797. The van der Waals surface area contributed by atoms with Gasteiger partial charge in [0.1, 0.15) is 17.0 Å². The number of nitrogens with zero attached hydrogens (tertiary/aromatic N) is 3. The van der Waals surface area contributed by atoms with Gasteiger partial charge in [-0.1, -0.05) is 35.5 Å². The van der Waals surface area contributed by atoms with E-state index in [9.17, 15) is 4.79 Å². The smallest absolute Gasteiger partial charge is 0.262 e. The zero-order chi connectivity index (χ0) is 14.7. The molecule has 6 nitrogen and oxygen atoms in total. The minimum absolute atomic E-state index is 0.326. The molecule has 0 fully saturated rings. The van der Waals surface area contributed by atoms with Crippen molar-refractivity contribution in [3.63, 3.8) is 0 Å². The monoisotopic (exact) mass is 280 g/mol. The second-order valence-corrected chi connectivity index (χ2v) is 4.37. The Balaban J connectivity index is 1.95. The number of benzene rings is 1. The Morgan fingerprint density at radius 3 is 2.71 bits per heavy atom. The average molecular weight is 280 g/mol. The summed E-state index contributed by atoms with van der Waals surface area (Å²) in [6.45, 7) is 1.70. The number of carbonyl (C=O) groups is 1. The second-order valence-electron chi connectivity index (χ2n) is 4.37. The van der Waals surface area contributed by atoms with Gasteiger partial charge in [0, 0.05) is 18.0 Å².